The quantitative estimate of drug-likeness (QED) is 0.717. The van der Waals surface area contributed by atoms with Gasteiger partial charge < -0.3 is 19.8 Å². The van der Waals surface area contributed by atoms with Gasteiger partial charge in [-0.15, -0.1) is 0 Å². The Labute approximate surface area is 109 Å². The number of rotatable bonds is 8. The average Bonchev–Trinajstić information content (AvgIpc) is 2.74. The lowest BCUT2D eigenvalue weighted by Crippen LogP contribution is -2.25. The van der Waals surface area contributed by atoms with E-state index in [-0.39, 0.29) is 5.91 Å². The number of aromatic amines is 1. The summed E-state index contributed by atoms with van der Waals surface area (Å²) in [4.78, 5) is 14.4. The van der Waals surface area contributed by atoms with Crippen LogP contribution in [0.1, 0.15) is 16.9 Å². The average molecular weight is 305 g/mol. The molecule has 1 amide bonds. The van der Waals surface area contributed by atoms with Crippen LogP contribution in [0.3, 0.4) is 0 Å². The first-order valence-electron chi connectivity index (χ1n) is 5.43. The van der Waals surface area contributed by atoms with Crippen molar-refractivity contribution in [2.24, 2.45) is 0 Å². The molecule has 1 heterocycles. The number of hydrogen-bond acceptors (Lipinski definition) is 3. The number of H-pyrrole nitrogens is 1. The Bertz CT molecular complexity index is 341. The van der Waals surface area contributed by atoms with Gasteiger partial charge in [0.05, 0.1) is 13.2 Å². The molecule has 0 aliphatic carbocycles. The minimum Gasteiger partial charge on any atom is -0.382 e. The predicted octanol–water partition coefficient (Wildman–Crippen LogP) is 1.56. The molecule has 0 spiro atoms. The van der Waals surface area contributed by atoms with Gasteiger partial charge in [0.1, 0.15) is 5.69 Å². The molecule has 5 nitrogen and oxygen atoms in total. The smallest absolute Gasteiger partial charge is 0.267 e. The van der Waals surface area contributed by atoms with Crippen LogP contribution in [0, 0.1) is 0 Å². The van der Waals surface area contributed by atoms with E-state index in [9.17, 15) is 4.79 Å². The highest BCUT2D eigenvalue weighted by Gasteiger charge is 2.06. The molecule has 96 valence electrons. The second kappa shape index (κ2) is 8.27. The number of carbonyl (C=O) groups is 1. The van der Waals surface area contributed by atoms with Crippen LogP contribution in [0.15, 0.2) is 16.7 Å². The highest BCUT2D eigenvalue weighted by Crippen LogP contribution is 2.10. The monoisotopic (exact) mass is 304 g/mol. The zero-order valence-corrected chi connectivity index (χ0v) is 11.4. The predicted molar refractivity (Wildman–Crippen MR) is 68.1 cm³/mol. The third-order valence-corrected chi connectivity index (χ3v) is 2.53. The Hall–Kier alpha value is -0.850. The SMILES string of the molecule is COCCOCCCNC(=O)c1cc(Br)c[nH]1. The fraction of sp³-hybridized carbons (Fsp3) is 0.545. The number of amides is 1. The lowest BCUT2D eigenvalue weighted by molar-refractivity contribution is 0.0688. The summed E-state index contributed by atoms with van der Waals surface area (Å²) in [5.41, 5.74) is 0.553. The van der Waals surface area contributed by atoms with Gasteiger partial charge in [0, 0.05) is 30.9 Å². The van der Waals surface area contributed by atoms with E-state index in [0.29, 0.717) is 32.1 Å². The van der Waals surface area contributed by atoms with E-state index in [4.69, 9.17) is 9.47 Å². The van der Waals surface area contributed by atoms with Gasteiger partial charge in [-0.1, -0.05) is 0 Å². The van der Waals surface area contributed by atoms with Crippen molar-refractivity contribution in [3.8, 4) is 0 Å². The van der Waals surface area contributed by atoms with Crippen molar-refractivity contribution in [2.45, 2.75) is 6.42 Å². The van der Waals surface area contributed by atoms with Gasteiger partial charge in [0.15, 0.2) is 0 Å². The van der Waals surface area contributed by atoms with Crippen LogP contribution in [-0.4, -0.2) is 44.4 Å². The molecule has 0 aliphatic heterocycles. The molecule has 0 atom stereocenters. The van der Waals surface area contributed by atoms with E-state index in [1.165, 1.54) is 0 Å². The minimum atomic E-state index is -0.104. The van der Waals surface area contributed by atoms with Crippen molar-refractivity contribution in [1.29, 1.82) is 0 Å². The summed E-state index contributed by atoms with van der Waals surface area (Å²) in [5.74, 6) is -0.104. The Morgan fingerprint density at radius 1 is 1.47 bits per heavy atom. The first-order valence-corrected chi connectivity index (χ1v) is 6.22. The van der Waals surface area contributed by atoms with Gasteiger partial charge in [0.2, 0.25) is 0 Å². The molecule has 1 rings (SSSR count). The topological polar surface area (TPSA) is 63.4 Å². The normalized spacial score (nSPS) is 10.5. The molecule has 0 saturated heterocycles. The summed E-state index contributed by atoms with van der Waals surface area (Å²) in [6.45, 7) is 2.41. The van der Waals surface area contributed by atoms with Crippen LogP contribution in [0.25, 0.3) is 0 Å². The molecule has 0 bridgehead atoms. The summed E-state index contributed by atoms with van der Waals surface area (Å²) in [5, 5.41) is 2.80. The van der Waals surface area contributed by atoms with Crippen LogP contribution in [0.2, 0.25) is 0 Å². The number of ether oxygens (including phenoxy) is 2. The number of halogens is 1. The number of carbonyl (C=O) groups excluding carboxylic acids is 1. The Morgan fingerprint density at radius 2 is 2.29 bits per heavy atom. The first kappa shape index (κ1) is 14.2. The van der Waals surface area contributed by atoms with Crippen molar-refractivity contribution >= 4 is 21.8 Å². The maximum atomic E-state index is 11.6. The number of methoxy groups -OCH3 is 1. The highest BCUT2D eigenvalue weighted by atomic mass is 79.9. The van der Waals surface area contributed by atoms with E-state index >= 15 is 0 Å². The summed E-state index contributed by atoms with van der Waals surface area (Å²) in [7, 11) is 1.64. The summed E-state index contributed by atoms with van der Waals surface area (Å²) in [6.07, 6.45) is 2.51. The second-order valence-electron chi connectivity index (χ2n) is 3.45. The van der Waals surface area contributed by atoms with Gasteiger partial charge in [-0.25, -0.2) is 0 Å². The summed E-state index contributed by atoms with van der Waals surface area (Å²) in [6, 6.07) is 1.74. The molecular weight excluding hydrogens is 288 g/mol. The van der Waals surface area contributed by atoms with Gasteiger partial charge in [-0.05, 0) is 28.4 Å². The van der Waals surface area contributed by atoms with Gasteiger partial charge >= 0.3 is 0 Å². The molecule has 0 unspecified atom stereocenters. The fourth-order valence-corrected chi connectivity index (χ4v) is 1.56. The first-order chi connectivity index (χ1) is 8.24. The third kappa shape index (κ3) is 5.86. The van der Waals surface area contributed by atoms with E-state index in [2.05, 4.69) is 26.2 Å². The van der Waals surface area contributed by atoms with Crippen molar-refractivity contribution in [2.75, 3.05) is 33.5 Å². The van der Waals surface area contributed by atoms with E-state index in [1.807, 2.05) is 0 Å². The van der Waals surface area contributed by atoms with Crippen LogP contribution in [-0.2, 0) is 9.47 Å². The lowest BCUT2D eigenvalue weighted by atomic mass is 10.4. The van der Waals surface area contributed by atoms with E-state index < -0.39 is 0 Å². The molecule has 2 N–H and O–H groups in total. The van der Waals surface area contributed by atoms with Crippen molar-refractivity contribution < 1.29 is 14.3 Å². The molecule has 0 aliphatic rings. The maximum Gasteiger partial charge on any atom is 0.267 e. The van der Waals surface area contributed by atoms with Crippen molar-refractivity contribution in [3.63, 3.8) is 0 Å². The number of nitrogens with one attached hydrogen (secondary N) is 2. The summed E-state index contributed by atoms with van der Waals surface area (Å²) >= 11 is 3.27. The van der Waals surface area contributed by atoms with Gasteiger partial charge in [-0.3, -0.25) is 4.79 Å². The zero-order chi connectivity index (χ0) is 12.5. The standard InChI is InChI=1S/C11H17BrN2O3/c1-16-5-6-17-4-2-3-13-11(15)10-7-9(12)8-14-10/h7-8,14H,2-6H2,1H3,(H,13,15). The Balaban J connectivity index is 2.05. The van der Waals surface area contributed by atoms with Crippen LogP contribution < -0.4 is 5.32 Å². The molecular formula is C11H17BrN2O3. The largest absolute Gasteiger partial charge is 0.382 e. The van der Waals surface area contributed by atoms with E-state index in [1.54, 1.807) is 19.4 Å². The Morgan fingerprint density at radius 3 is 2.94 bits per heavy atom. The molecule has 6 heteroatoms. The Kier molecular flexibility index (Phi) is 6.91. The molecule has 0 fully saturated rings. The number of hydrogen-bond donors (Lipinski definition) is 2. The molecule has 17 heavy (non-hydrogen) atoms. The summed E-state index contributed by atoms with van der Waals surface area (Å²) < 4.78 is 11.0. The maximum absolute atomic E-state index is 11.6. The minimum absolute atomic E-state index is 0.104. The fourth-order valence-electron chi connectivity index (χ4n) is 1.21. The molecule has 1 aromatic rings. The second-order valence-corrected chi connectivity index (χ2v) is 4.36. The molecule has 0 radical (unpaired) electrons. The molecule has 0 aromatic carbocycles. The molecule has 1 aromatic heterocycles. The van der Waals surface area contributed by atoms with Crippen LogP contribution in [0.5, 0.6) is 0 Å². The highest BCUT2D eigenvalue weighted by molar-refractivity contribution is 9.10. The van der Waals surface area contributed by atoms with Crippen LogP contribution >= 0.6 is 15.9 Å². The lowest BCUT2D eigenvalue weighted by Gasteiger charge is -2.05. The van der Waals surface area contributed by atoms with Crippen LogP contribution in [0.4, 0.5) is 0 Å². The van der Waals surface area contributed by atoms with Crippen molar-refractivity contribution in [3.05, 3.63) is 22.4 Å². The zero-order valence-electron chi connectivity index (χ0n) is 9.79. The third-order valence-electron chi connectivity index (χ3n) is 2.08. The molecule has 0 saturated carbocycles. The number of aromatic nitrogens is 1. The van der Waals surface area contributed by atoms with Gasteiger partial charge in [0.25, 0.3) is 5.91 Å². The van der Waals surface area contributed by atoms with E-state index in [0.717, 1.165) is 10.9 Å². The van der Waals surface area contributed by atoms with Crippen molar-refractivity contribution in [1.82, 2.24) is 10.3 Å². The van der Waals surface area contributed by atoms with Gasteiger partial charge in [-0.2, -0.15) is 0 Å².